The van der Waals surface area contributed by atoms with Crippen LogP contribution in [0.3, 0.4) is 0 Å². The highest BCUT2D eigenvalue weighted by molar-refractivity contribution is 7.20. The molecule has 4 rings (SSSR count). The molecule has 4 heteroatoms. The van der Waals surface area contributed by atoms with Gasteiger partial charge >= 0.3 is 0 Å². The normalized spacial score (nSPS) is 18.3. The van der Waals surface area contributed by atoms with Crippen LogP contribution in [0, 0.1) is 0 Å². The van der Waals surface area contributed by atoms with Gasteiger partial charge in [-0.15, -0.1) is 11.3 Å². The number of ether oxygens (including phenoxy) is 1. The van der Waals surface area contributed by atoms with Crippen molar-refractivity contribution < 1.29 is 9.53 Å². The number of benzene rings is 2. The second-order valence-electron chi connectivity index (χ2n) is 5.67. The zero-order valence-electron chi connectivity index (χ0n) is 12.6. The van der Waals surface area contributed by atoms with Gasteiger partial charge in [0.05, 0.1) is 18.0 Å². The molecule has 1 atom stereocenters. The maximum Gasteiger partial charge on any atom is 0.264 e. The summed E-state index contributed by atoms with van der Waals surface area (Å²) in [4.78, 5) is 15.5. The number of nitrogens with zero attached hydrogens (tertiary/aromatic N) is 1. The second kappa shape index (κ2) is 6.14. The molecule has 3 nitrogen and oxygen atoms in total. The fraction of sp³-hybridized carbons (Fsp3) is 0.211. The Bertz CT molecular complexity index is 795. The first-order valence-corrected chi connectivity index (χ1v) is 8.57. The van der Waals surface area contributed by atoms with Crippen LogP contribution in [0.5, 0.6) is 0 Å². The van der Waals surface area contributed by atoms with Gasteiger partial charge in [0, 0.05) is 11.2 Å². The van der Waals surface area contributed by atoms with Gasteiger partial charge in [0.25, 0.3) is 5.91 Å². The summed E-state index contributed by atoms with van der Waals surface area (Å²) in [6, 6.07) is 20.2. The molecule has 0 N–H and O–H groups in total. The van der Waals surface area contributed by atoms with E-state index in [4.69, 9.17) is 4.74 Å². The Morgan fingerprint density at radius 1 is 1.09 bits per heavy atom. The zero-order valence-corrected chi connectivity index (χ0v) is 13.5. The van der Waals surface area contributed by atoms with Crippen LogP contribution in [0.25, 0.3) is 10.1 Å². The standard InChI is InChI=1S/C19H17NO2S/c21-19(18-12-15-8-4-5-9-17(15)23-18)20-10-11-22-16(13-20)14-6-2-1-3-7-14/h1-9,12,16H,10-11,13H2/t16-/m1/s1. The van der Waals surface area contributed by atoms with Crippen molar-refractivity contribution in [1.82, 2.24) is 4.90 Å². The minimum atomic E-state index is -0.0386. The Morgan fingerprint density at radius 2 is 1.87 bits per heavy atom. The highest BCUT2D eigenvalue weighted by Crippen LogP contribution is 2.28. The first-order valence-electron chi connectivity index (χ1n) is 7.76. The van der Waals surface area contributed by atoms with Crippen molar-refractivity contribution in [3.8, 4) is 0 Å². The van der Waals surface area contributed by atoms with Gasteiger partial charge in [-0.05, 0) is 23.1 Å². The Morgan fingerprint density at radius 3 is 2.70 bits per heavy atom. The van der Waals surface area contributed by atoms with Gasteiger partial charge in [-0.3, -0.25) is 4.79 Å². The summed E-state index contributed by atoms with van der Waals surface area (Å²) in [5.74, 6) is 0.107. The van der Waals surface area contributed by atoms with Crippen molar-refractivity contribution >= 4 is 27.3 Å². The topological polar surface area (TPSA) is 29.5 Å². The number of hydrogen-bond acceptors (Lipinski definition) is 3. The van der Waals surface area contributed by atoms with Crippen LogP contribution in [-0.2, 0) is 4.74 Å². The third-order valence-electron chi connectivity index (χ3n) is 4.16. The summed E-state index contributed by atoms with van der Waals surface area (Å²) >= 11 is 1.56. The summed E-state index contributed by atoms with van der Waals surface area (Å²) in [6.45, 7) is 1.84. The number of morpholine rings is 1. The van der Waals surface area contributed by atoms with Crippen LogP contribution >= 0.6 is 11.3 Å². The summed E-state index contributed by atoms with van der Waals surface area (Å²) in [5, 5.41) is 1.13. The number of carbonyl (C=O) groups is 1. The lowest BCUT2D eigenvalue weighted by Gasteiger charge is -2.33. The molecule has 1 amide bonds. The van der Waals surface area contributed by atoms with E-state index in [1.54, 1.807) is 11.3 Å². The van der Waals surface area contributed by atoms with Crippen LogP contribution in [-0.4, -0.2) is 30.5 Å². The third-order valence-corrected chi connectivity index (χ3v) is 5.27. The van der Waals surface area contributed by atoms with Gasteiger partial charge < -0.3 is 9.64 Å². The van der Waals surface area contributed by atoms with Gasteiger partial charge in [0.15, 0.2) is 0 Å². The highest BCUT2D eigenvalue weighted by Gasteiger charge is 2.26. The lowest BCUT2D eigenvalue weighted by Crippen LogP contribution is -2.42. The van der Waals surface area contributed by atoms with E-state index in [1.807, 2.05) is 41.3 Å². The number of carbonyl (C=O) groups excluding carboxylic acids is 1. The smallest absolute Gasteiger partial charge is 0.264 e. The fourth-order valence-corrected chi connectivity index (χ4v) is 3.98. The van der Waals surface area contributed by atoms with E-state index in [-0.39, 0.29) is 12.0 Å². The largest absolute Gasteiger partial charge is 0.370 e. The Balaban J connectivity index is 1.56. The van der Waals surface area contributed by atoms with Crippen molar-refractivity contribution in [2.45, 2.75) is 6.10 Å². The average molecular weight is 323 g/mol. The van der Waals surface area contributed by atoms with Gasteiger partial charge in [-0.1, -0.05) is 48.5 Å². The molecule has 1 saturated heterocycles. The molecule has 1 fully saturated rings. The highest BCUT2D eigenvalue weighted by atomic mass is 32.1. The molecule has 1 aliphatic rings. The number of rotatable bonds is 2. The third kappa shape index (κ3) is 2.87. The molecule has 0 bridgehead atoms. The summed E-state index contributed by atoms with van der Waals surface area (Å²) in [7, 11) is 0. The van der Waals surface area contributed by atoms with Crippen LogP contribution < -0.4 is 0 Å². The van der Waals surface area contributed by atoms with E-state index in [0.717, 1.165) is 20.5 Å². The molecular formula is C19H17NO2S. The van der Waals surface area contributed by atoms with Crippen molar-refractivity contribution in [2.24, 2.45) is 0 Å². The molecule has 3 aromatic rings. The maximum absolute atomic E-state index is 12.8. The molecular weight excluding hydrogens is 306 g/mol. The van der Waals surface area contributed by atoms with E-state index in [2.05, 4.69) is 24.3 Å². The van der Waals surface area contributed by atoms with Gasteiger partial charge in [-0.2, -0.15) is 0 Å². The van der Waals surface area contributed by atoms with Crippen molar-refractivity contribution in [3.63, 3.8) is 0 Å². The van der Waals surface area contributed by atoms with Gasteiger partial charge in [0.2, 0.25) is 0 Å². The Kier molecular flexibility index (Phi) is 3.85. The molecule has 116 valence electrons. The summed E-state index contributed by atoms with van der Waals surface area (Å²) < 4.78 is 7.00. The number of hydrogen-bond donors (Lipinski definition) is 0. The second-order valence-corrected chi connectivity index (χ2v) is 6.75. The van der Waals surface area contributed by atoms with E-state index >= 15 is 0 Å². The van der Waals surface area contributed by atoms with Gasteiger partial charge in [-0.25, -0.2) is 0 Å². The lowest BCUT2D eigenvalue weighted by molar-refractivity contribution is -0.0226. The molecule has 23 heavy (non-hydrogen) atoms. The first kappa shape index (κ1) is 14.4. The van der Waals surface area contributed by atoms with Crippen LogP contribution in [0.1, 0.15) is 21.3 Å². The van der Waals surface area contributed by atoms with Crippen molar-refractivity contribution in [2.75, 3.05) is 19.7 Å². The number of thiophene rings is 1. The molecule has 1 aromatic heterocycles. The van der Waals surface area contributed by atoms with E-state index in [1.165, 1.54) is 0 Å². The summed E-state index contributed by atoms with van der Waals surface area (Å²) in [5.41, 5.74) is 1.13. The van der Waals surface area contributed by atoms with Gasteiger partial charge in [0.1, 0.15) is 6.10 Å². The first-order chi connectivity index (χ1) is 11.3. The predicted molar refractivity (Wildman–Crippen MR) is 92.9 cm³/mol. The molecule has 2 heterocycles. The molecule has 1 aliphatic heterocycles. The molecule has 0 saturated carbocycles. The SMILES string of the molecule is O=C(c1cc2ccccc2s1)N1CCO[C@@H](c2ccccc2)C1. The molecule has 0 radical (unpaired) electrons. The minimum Gasteiger partial charge on any atom is -0.370 e. The van der Waals surface area contributed by atoms with Crippen molar-refractivity contribution in [1.29, 1.82) is 0 Å². The van der Waals surface area contributed by atoms with Crippen LogP contribution in [0.15, 0.2) is 60.7 Å². The Hall–Kier alpha value is -2.17. The minimum absolute atomic E-state index is 0.0386. The average Bonchev–Trinajstić information content (AvgIpc) is 3.06. The van der Waals surface area contributed by atoms with E-state index in [0.29, 0.717) is 19.7 Å². The van der Waals surface area contributed by atoms with Crippen molar-refractivity contribution in [3.05, 3.63) is 71.1 Å². The number of fused-ring (bicyclic) bond motifs is 1. The number of amides is 1. The van der Waals surface area contributed by atoms with Crippen LogP contribution in [0.4, 0.5) is 0 Å². The molecule has 2 aromatic carbocycles. The van der Waals surface area contributed by atoms with Crippen LogP contribution in [0.2, 0.25) is 0 Å². The Labute approximate surface area is 139 Å². The van der Waals surface area contributed by atoms with E-state index < -0.39 is 0 Å². The predicted octanol–water partition coefficient (Wildman–Crippen LogP) is 4.12. The summed E-state index contributed by atoms with van der Waals surface area (Å²) in [6.07, 6.45) is -0.0386. The molecule has 0 unspecified atom stereocenters. The quantitative estimate of drug-likeness (QED) is 0.710. The van der Waals surface area contributed by atoms with E-state index in [9.17, 15) is 4.79 Å². The molecule has 0 aliphatic carbocycles. The maximum atomic E-state index is 12.8. The monoisotopic (exact) mass is 323 g/mol. The lowest BCUT2D eigenvalue weighted by atomic mass is 10.1. The fourth-order valence-electron chi connectivity index (χ4n) is 2.95. The zero-order chi connectivity index (χ0) is 15.6. The molecule has 0 spiro atoms.